The Kier molecular flexibility index (Phi) is 6.05. The highest BCUT2D eigenvalue weighted by Crippen LogP contribution is 2.68. The van der Waals surface area contributed by atoms with Gasteiger partial charge in [0.25, 0.3) is 0 Å². The van der Waals surface area contributed by atoms with Crippen LogP contribution in [0.25, 0.3) is 0 Å². The number of aromatic nitrogens is 1. The molecule has 2 bridgehead atoms. The summed E-state index contributed by atoms with van der Waals surface area (Å²) >= 11 is 2.81. The van der Waals surface area contributed by atoms with Crippen LogP contribution in [0.4, 0.5) is 0 Å². The van der Waals surface area contributed by atoms with E-state index in [-0.39, 0.29) is 63.8 Å². The number of amides is 3. The molecule has 3 amide bonds. The molecule has 2 saturated heterocycles. The monoisotopic (exact) mass is 571 g/mol. The van der Waals surface area contributed by atoms with Crippen molar-refractivity contribution in [2.45, 2.75) is 29.5 Å². The van der Waals surface area contributed by atoms with Gasteiger partial charge < -0.3 is 24.5 Å². The number of morpholine rings is 1. The highest BCUT2D eigenvalue weighted by molar-refractivity contribution is 8.00. The first kappa shape index (κ1) is 25.2. The normalized spacial score (nSPS) is 32.8. The molecule has 1 aromatic carbocycles. The Labute approximate surface area is 232 Å². The van der Waals surface area contributed by atoms with Gasteiger partial charge in [0.15, 0.2) is 11.5 Å². The predicted octanol–water partition coefficient (Wildman–Crippen LogP) is 1.87. The number of benzene rings is 1. The summed E-state index contributed by atoms with van der Waals surface area (Å²) in [5, 5.41) is 11.2. The number of hydrogen-bond acceptors (Lipinski definition) is 9. The number of thiazole rings is 1. The maximum absolute atomic E-state index is 13.8. The number of nitrogens with zero attached hydrogens (tertiary/aromatic N) is 2. The summed E-state index contributed by atoms with van der Waals surface area (Å²) in [5.41, 5.74) is 0.920. The third-order valence-electron chi connectivity index (χ3n) is 9.12. The van der Waals surface area contributed by atoms with E-state index in [0.29, 0.717) is 38.7 Å². The maximum atomic E-state index is 13.8. The zero-order valence-electron chi connectivity index (χ0n) is 21.3. The number of imide groups is 1. The minimum absolute atomic E-state index is 0.0162. The van der Waals surface area contributed by atoms with E-state index < -0.39 is 11.8 Å². The van der Waals surface area contributed by atoms with Crippen molar-refractivity contribution in [3.8, 4) is 11.5 Å². The number of likely N-dealkylation sites (tertiary alicyclic amines) is 1. The first-order valence-corrected chi connectivity index (χ1v) is 15.1. The van der Waals surface area contributed by atoms with Crippen molar-refractivity contribution in [2.75, 3.05) is 39.5 Å². The van der Waals surface area contributed by atoms with Crippen molar-refractivity contribution in [3.63, 3.8) is 0 Å². The lowest BCUT2D eigenvalue weighted by Crippen LogP contribution is -2.47. The zero-order chi connectivity index (χ0) is 27.0. The third-order valence-corrected chi connectivity index (χ3v) is 11.7. The highest BCUT2D eigenvalue weighted by Gasteiger charge is 2.69. The van der Waals surface area contributed by atoms with Crippen molar-refractivity contribution in [3.05, 3.63) is 38.3 Å². The Morgan fingerprint density at radius 2 is 1.90 bits per heavy atom. The lowest BCUT2D eigenvalue weighted by atomic mass is 9.68. The van der Waals surface area contributed by atoms with Gasteiger partial charge in [0, 0.05) is 29.1 Å². The molecule has 10 nitrogen and oxygen atoms in total. The molecular weight excluding hydrogens is 542 g/mol. The molecule has 206 valence electrons. The van der Waals surface area contributed by atoms with Crippen LogP contribution in [0.1, 0.15) is 29.7 Å². The van der Waals surface area contributed by atoms with E-state index in [9.17, 15) is 24.3 Å². The molecule has 3 aliphatic heterocycles. The summed E-state index contributed by atoms with van der Waals surface area (Å²) in [5.74, 6) is -1.34. The highest BCUT2D eigenvalue weighted by atomic mass is 32.2. The Morgan fingerprint density at radius 3 is 2.64 bits per heavy atom. The van der Waals surface area contributed by atoms with E-state index in [1.807, 2.05) is 19.1 Å². The first-order chi connectivity index (χ1) is 18.9. The Balaban J connectivity index is 1.23. The second-order valence-electron chi connectivity index (χ2n) is 10.9. The number of phenols is 1. The molecular formula is C27H29N3O7S2. The van der Waals surface area contributed by atoms with E-state index >= 15 is 0 Å². The van der Waals surface area contributed by atoms with E-state index in [1.165, 1.54) is 16.2 Å². The summed E-state index contributed by atoms with van der Waals surface area (Å²) in [6.07, 6.45) is 0.770. The molecule has 1 aromatic heterocycles. The smallest absolute Gasteiger partial charge is 0.305 e. The molecule has 7 rings (SSSR count). The number of aromatic hydroxyl groups is 1. The summed E-state index contributed by atoms with van der Waals surface area (Å²) < 4.78 is 11.0. The molecule has 2 aliphatic carbocycles. The number of carbonyl (C=O) groups excluding carboxylic acids is 3. The number of nitrogens with one attached hydrogen (secondary N) is 1. The van der Waals surface area contributed by atoms with Crippen LogP contribution in [0.2, 0.25) is 0 Å². The fourth-order valence-electron chi connectivity index (χ4n) is 7.65. The standard InChI is InChI=1S/C27H29N3O7S2/c1-2-37-16-9-12(3-4-15(16)31)18-19-13-10-14(22(19)38-24-23(18)39-27(35)28-24)21-20(13)25(33)30(26(21)34)11-17(32)29-5-7-36-8-6-29/h3-4,9,13-14,18-22,31H,2,5-8,10-11H2,1H3,(H,28,35). The van der Waals surface area contributed by atoms with E-state index in [4.69, 9.17) is 9.47 Å². The summed E-state index contributed by atoms with van der Waals surface area (Å²) in [6, 6.07) is 5.32. The number of rotatable bonds is 5. The third kappa shape index (κ3) is 3.78. The van der Waals surface area contributed by atoms with Crippen LogP contribution in [0, 0.1) is 29.6 Å². The maximum Gasteiger partial charge on any atom is 0.305 e. The van der Waals surface area contributed by atoms with Crippen molar-refractivity contribution in [1.82, 2.24) is 14.8 Å². The summed E-state index contributed by atoms with van der Waals surface area (Å²) in [7, 11) is 0. The number of fused-ring (bicyclic) bond motifs is 9. The second kappa shape index (κ2) is 9.38. The lowest BCUT2D eigenvalue weighted by Gasteiger charge is -2.43. The van der Waals surface area contributed by atoms with Gasteiger partial charge in [-0.2, -0.15) is 0 Å². The van der Waals surface area contributed by atoms with Gasteiger partial charge in [0.2, 0.25) is 17.7 Å². The van der Waals surface area contributed by atoms with E-state index in [0.717, 1.165) is 21.9 Å². The zero-order valence-corrected chi connectivity index (χ0v) is 23.0. The van der Waals surface area contributed by atoms with Gasteiger partial charge in [-0.15, -0.1) is 11.8 Å². The molecule has 7 unspecified atom stereocenters. The molecule has 2 aromatic rings. The van der Waals surface area contributed by atoms with Gasteiger partial charge in [-0.1, -0.05) is 17.4 Å². The molecule has 4 fully saturated rings. The first-order valence-electron chi connectivity index (χ1n) is 13.4. The second-order valence-corrected chi connectivity index (χ2v) is 13.1. The summed E-state index contributed by atoms with van der Waals surface area (Å²) in [4.78, 5) is 59.4. The average molecular weight is 572 g/mol. The molecule has 5 aliphatic rings. The van der Waals surface area contributed by atoms with Crippen molar-refractivity contribution in [2.24, 2.45) is 29.6 Å². The number of hydrogen-bond donors (Lipinski definition) is 2. The summed E-state index contributed by atoms with van der Waals surface area (Å²) in [6.45, 7) is 3.88. The molecule has 2 N–H and O–H groups in total. The molecule has 7 atom stereocenters. The molecule has 4 heterocycles. The van der Waals surface area contributed by atoms with Crippen molar-refractivity contribution in [1.29, 1.82) is 0 Å². The van der Waals surface area contributed by atoms with E-state index in [1.54, 1.807) is 22.7 Å². The Morgan fingerprint density at radius 1 is 1.15 bits per heavy atom. The number of ether oxygens (including phenoxy) is 2. The van der Waals surface area contributed by atoms with Gasteiger partial charge >= 0.3 is 4.87 Å². The molecule has 0 radical (unpaired) electrons. The van der Waals surface area contributed by atoms with Gasteiger partial charge in [0.05, 0.1) is 36.7 Å². The number of aromatic amines is 1. The van der Waals surface area contributed by atoms with Gasteiger partial charge in [-0.3, -0.25) is 24.1 Å². The minimum atomic E-state index is -0.454. The Bertz CT molecular complexity index is 1420. The molecule has 2 saturated carbocycles. The van der Waals surface area contributed by atoms with Gasteiger partial charge in [-0.25, -0.2) is 0 Å². The molecule has 12 heteroatoms. The van der Waals surface area contributed by atoms with Crippen LogP contribution >= 0.6 is 23.1 Å². The largest absolute Gasteiger partial charge is 0.504 e. The van der Waals surface area contributed by atoms with Crippen LogP contribution in [-0.4, -0.2) is 82.3 Å². The number of thioether (sulfide) groups is 1. The van der Waals surface area contributed by atoms with Crippen LogP contribution < -0.4 is 9.61 Å². The predicted molar refractivity (Wildman–Crippen MR) is 142 cm³/mol. The SMILES string of the molecule is CCOc1cc(C2c3sc(=O)[nH]c3SC3C4CC(C5C(=O)N(CC(=O)N6CCOCC6)C(=O)C45)C23)ccc1O. The quantitative estimate of drug-likeness (QED) is 0.521. The van der Waals surface area contributed by atoms with Crippen LogP contribution in [-0.2, 0) is 19.1 Å². The van der Waals surface area contributed by atoms with E-state index in [2.05, 4.69) is 4.98 Å². The van der Waals surface area contributed by atoms with Crippen LogP contribution in [0.3, 0.4) is 0 Å². The van der Waals surface area contributed by atoms with Gasteiger partial charge in [-0.05, 0) is 48.8 Å². The van der Waals surface area contributed by atoms with Crippen molar-refractivity contribution < 1.29 is 29.0 Å². The molecule has 39 heavy (non-hydrogen) atoms. The van der Waals surface area contributed by atoms with Crippen molar-refractivity contribution >= 4 is 40.8 Å². The molecule has 0 spiro atoms. The fraction of sp³-hybridized carbons (Fsp3) is 0.556. The number of H-pyrrole nitrogens is 1. The van der Waals surface area contributed by atoms with Crippen LogP contribution in [0.15, 0.2) is 28.0 Å². The van der Waals surface area contributed by atoms with Crippen LogP contribution in [0.5, 0.6) is 11.5 Å². The minimum Gasteiger partial charge on any atom is -0.504 e. The topological polar surface area (TPSA) is 129 Å². The number of phenolic OH excluding ortho intramolecular Hbond substituents is 1. The lowest BCUT2D eigenvalue weighted by molar-refractivity contribution is -0.148. The number of carbonyl (C=O) groups is 3. The Hall–Kier alpha value is -2.83. The fourth-order valence-corrected chi connectivity index (χ4v) is 10.5. The average Bonchev–Trinajstić information content (AvgIpc) is 3.66. The van der Waals surface area contributed by atoms with Gasteiger partial charge in [0.1, 0.15) is 6.54 Å².